The lowest BCUT2D eigenvalue weighted by Gasteiger charge is -2.28. The molecule has 1 saturated heterocycles. The Morgan fingerprint density at radius 2 is 1.74 bits per heavy atom. The molecule has 0 aromatic rings. The van der Waals surface area contributed by atoms with Crippen LogP contribution in [0.2, 0.25) is 0 Å². The maximum absolute atomic E-state index is 13.1. The molecule has 4 amide bonds. The lowest BCUT2D eigenvalue weighted by molar-refractivity contribution is -0.149. The molecule has 12 nitrogen and oxygen atoms in total. The second-order valence-corrected chi connectivity index (χ2v) is 9.53. The van der Waals surface area contributed by atoms with Gasteiger partial charge in [-0.15, -0.1) is 0 Å². The zero-order chi connectivity index (χ0) is 26.1. The van der Waals surface area contributed by atoms with Crippen LogP contribution in [0, 0.1) is 0 Å². The number of carboxylic acid groups (broad SMARTS) is 1. The molecule has 4 atom stereocenters. The van der Waals surface area contributed by atoms with Crippen LogP contribution < -0.4 is 21.7 Å². The van der Waals surface area contributed by atoms with Crippen LogP contribution in [-0.2, 0) is 23.9 Å². The molecule has 0 aromatic heterocycles. The number of nitrogens with one attached hydrogen (secondary N) is 3. The molecule has 0 aliphatic carbocycles. The molecule has 0 saturated carbocycles. The molecule has 1 aliphatic rings. The monoisotopic (exact) mass is 485 g/mol. The van der Waals surface area contributed by atoms with Gasteiger partial charge in [-0.3, -0.25) is 14.4 Å². The predicted molar refractivity (Wildman–Crippen MR) is 124 cm³/mol. The first-order valence-corrected chi connectivity index (χ1v) is 11.6. The van der Waals surface area contributed by atoms with Gasteiger partial charge in [-0.05, 0) is 66.7 Å². The van der Waals surface area contributed by atoms with Crippen molar-refractivity contribution in [3.05, 3.63) is 0 Å². The first-order valence-electron chi connectivity index (χ1n) is 11.6. The number of aliphatic carboxylic acids is 1. The van der Waals surface area contributed by atoms with Crippen molar-refractivity contribution in [2.24, 2.45) is 5.73 Å². The smallest absolute Gasteiger partial charge is 0.407 e. The third kappa shape index (κ3) is 9.94. The van der Waals surface area contributed by atoms with E-state index in [4.69, 9.17) is 10.5 Å². The van der Waals surface area contributed by atoms with Crippen LogP contribution in [0.25, 0.3) is 0 Å². The summed E-state index contributed by atoms with van der Waals surface area (Å²) in [5.41, 5.74) is 4.90. The number of carbonyl (C=O) groups excluding carboxylic acids is 4. The normalized spacial score (nSPS) is 18.4. The Morgan fingerprint density at radius 1 is 1.09 bits per heavy atom. The maximum Gasteiger partial charge on any atom is 0.407 e. The minimum absolute atomic E-state index is 0.234. The Morgan fingerprint density at radius 3 is 2.29 bits per heavy atom. The number of hydrogen-bond acceptors (Lipinski definition) is 7. The summed E-state index contributed by atoms with van der Waals surface area (Å²) in [6, 6.07) is -3.64. The van der Waals surface area contributed by atoms with Gasteiger partial charge < -0.3 is 36.4 Å². The number of likely N-dealkylation sites (tertiary alicyclic amines) is 1. The number of rotatable bonds is 11. The third-order valence-electron chi connectivity index (χ3n) is 5.19. The van der Waals surface area contributed by atoms with Crippen LogP contribution in [-0.4, -0.2) is 82.6 Å². The molecule has 0 unspecified atom stereocenters. The number of alkyl carbamates (subject to hydrolysis) is 1. The van der Waals surface area contributed by atoms with E-state index in [9.17, 15) is 29.1 Å². The van der Waals surface area contributed by atoms with E-state index in [0.29, 0.717) is 38.8 Å². The summed E-state index contributed by atoms with van der Waals surface area (Å²) in [5.74, 6) is -2.66. The number of ether oxygens (including phenoxy) is 1. The Labute approximate surface area is 200 Å². The number of carbonyl (C=O) groups is 5. The molecule has 0 aromatic carbocycles. The summed E-state index contributed by atoms with van der Waals surface area (Å²) in [5, 5.41) is 17.2. The highest BCUT2D eigenvalue weighted by molar-refractivity contribution is 5.94. The number of amides is 4. The van der Waals surface area contributed by atoms with Gasteiger partial charge in [0.2, 0.25) is 17.7 Å². The van der Waals surface area contributed by atoms with Crippen LogP contribution in [0.5, 0.6) is 0 Å². The zero-order valence-corrected chi connectivity index (χ0v) is 20.7. The van der Waals surface area contributed by atoms with Crippen LogP contribution >= 0.6 is 0 Å². The van der Waals surface area contributed by atoms with E-state index < -0.39 is 59.6 Å². The second-order valence-electron chi connectivity index (χ2n) is 9.53. The van der Waals surface area contributed by atoms with Gasteiger partial charge in [0.1, 0.15) is 23.7 Å². The van der Waals surface area contributed by atoms with Gasteiger partial charge in [0.25, 0.3) is 0 Å². The minimum atomic E-state index is -1.09. The highest BCUT2D eigenvalue weighted by Gasteiger charge is 2.37. The average molecular weight is 486 g/mol. The molecular weight excluding hydrogens is 446 g/mol. The molecule has 1 fully saturated rings. The molecule has 1 aliphatic heterocycles. The van der Waals surface area contributed by atoms with Crippen molar-refractivity contribution in [3.8, 4) is 0 Å². The van der Waals surface area contributed by atoms with Crippen molar-refractivity contribution in [2.75, 3.05) is 13.1 Å². The molecule has 0 spiro atoms. The molecule has 1 heterocycles. The van der Waals surface area contributed by atoms with Crippen LogP contribution in [0.1, 0.15) is 66.7 Å². The summed E-state index contributed by atoms with van der Waals surface area (Å²) < 4.78 is 5.17. The second kappa shape index (κ2) is 13.1. The number of hydrogen-bond donors (Lipinski definition) is 5. The van der Waals surface area contributed by atoms with E-state index >= 15 is 0 Å². The summed E-state index contributed by atoms with van der Waals surface area (Å²) in [4.78, 5) is 62.1. The van der Waals surface area contributed by atoms with Gasteiger partial charge >= 0.3 is 12.1 Å². The molecule has 34 heavy (non-hydrogen) atoms. The average Bonchev–Trinajstić information content (AvgIpc) is 3.20. The number of carboxylic acids is 1. The zero-order valence-electron chi connectivity index (χ0n) is 20.7. The Hall–Kier alpha value is -2.89. The fraction of sp³-hybridized carbons (Fsp3) is 0.773. The molecule has 0 radical (unpaired) electrons. The van der Waals surface area contributed by atoms with Crippen molar-refractivity contribution >= 4 is 29.8 Å². The van der Waals surface area contributed by atoms with Crippen molar-refractivity contribution < 1.29 is 33.8 Å². The van der Waals surface area contributed by atoms with Crippen LogP contribution in [0.3, 0.4) is 0 Å². The predicted octanol–water partition coefficient (Wildman–Crippen LogP) is 0.0937. The quantitative estimate of drug-likeness (QED) is 0.255. The van der Waals surface area contributed by atoms with Gasteiger partial charge in [0.15, 0.2) is 0 Å². The van der Waals surface area contributed by atoms with Crippen molar-refractivity contribution in [1.82, 2.24) is 20.9 Å². The first kappa shape index (κ1) is 29.1. The van der Waals surface area contributed by atoms with Gasteiger partial charge in [-0.25, -0.2) is 9.59 Å². The van der Waals surface area contributed by atoms with E-state index in [1.807, 2.05) is 0 Å². The summed E-state index contributed by atoms with van der Waals surface area (Å²) in [6.07, 6.45) is 1.58. The van der Waals surface area contributed by atoms with E-state index in [-0.39, 0.29) is 6.42 Å². The summed E-state index contributed by atoms with van der Waals surface area (Å²) in [7, 11) is 0. The van der Waals surface area contributed by atoms with Gasteiger partial charge in [-0.1, -0.05) is 0 Å². The minimum Gasteiger partial charge on any atom is -0.480 e. The van der Waals surface area contributed by atoms with Crippen molar-refractivity contribution in [1.29, 1.82) is 0 Å². The Bertz CT molecular complexity index is 750. The standard InChI is InChI=1S/C22H39N5O7/c1-13(23)17(28)25-14(2)18(29)26-15(19(30)27-12-8-10-16(27)20(31)32)9-6-7-11-24-21(33)34-22(3,4)5/h13-16H,6-12,23H2,1-5H3,(H,24,33)(H,25,28)(H,26,29)(H,31,32)/t13-,14-,15-,16-/m0/s1. The molecule has 12 heteroatoms. The number of nitrogens with zero attached hydrogens (tertiary/aromatic N) is 1. The van der Waals surface area contributed by atoms with E-state index in [1.54, 1.807) is 20.8 Å². The van der Waals surface area contributed by atoms with Crippen LogP contribution in [0.15, 0.2) is 0 Å². The molecule has 1 rings (SSSR count). The fourth-order valence-corrected chi connectivity index (χ4v) is 3.43. The van der Waals surface area contributed by atoms with Gasteiger partial charge in [-0.2, -0.15) is 0 Å². The Kier molecular flexibility index (Phi) is 11.2. The van der Waals surface area contributed by atoms with Crippen molar-refractivity contribution in [2.45, 2.75) is 96.5 Å². The van der Waals surface area contributed by atoms with E-state index in [0.717, 1.165) is 0 Å². The number of nitrogens with two attached hydrogens (primary N) is 1. The van der Waals surface area contributed by atoms with E-state index in [1.165, 1.54) is 18.7 Å². The molecule has 6 N–H and O–H groups in total. The lowest BCUT2D eigenvalue weighted by Crippen LogP contribution is -2.56. The van der Waals surface area contributed by atoms with Crippen molar-refractivity contribution in [3.63, 3.8) is 0 Å². The highest BCUT2D eigenvalue weighted by Crippen LogP contribution is 2.20. The summed E-state index contributed by atoms with van der Waals surface area (Å²) >= 11 is 0. The van der Waals surface area contributed by atoms with Gasteiger partial charge in [0, 0.05) is 13.1 Å². The number of unbranched alkanes of at least 4 members (excludes halogenated alkanes) is 1. The fourth-order valence-electron chi connectivity index (χ4n) is 3.43. The maximum atomic E-state index is 13.1. The summed E-state index contributed by atoms with van der Waals surface area (Å²) in [6.45, 7) is 8.82. The first-order chi connectivity index (χ1) is 15.7. The SMILES string of the molecule is C[C@H](N)C(=O)N[C@@H](C)C(=O)N[C@@H](CCCCNC(=O)OC(C)(C)C)C(=O)N1CCC[C@H]1C(=O)O. The van der Waals surface area contributed by atoms with Gasteiger partial charge in [0.05, 0.1) is 6.04 Å². The Balaban J connectivity index is 2.75. The van der Waals surface area contributed by atoms with E-state index in [2.05, 4.69) is 16.0 Å². The molecule has 0 bridgehead atoms. The molecule has 194 valence electrons. The topological polar surface area (TPSA) is 180 Å². The largest absolute Gasteiger partial charge is 0.480 e. The molecular formula is C22H39N5O7. The lowest BCUT2D eigenvalue weighted by atomic mass is 10.1. The third-order valence-corrected chi connectivity index (χ3v) is 5.19. The van der Waals surface area contributed by atoms with Crippen LogP contribution in [0.4, 0.5) is 4.79 Å². The highest BCUT2D eigenvalue weighted by atomic mass is 16.6.